The minimum atomic E-state index is -1.47. The van der Waals surface area contributed by atoms with Gasteiger partial charge in [-0.1, -0.05) is 12.1 Å². The number of nitrogens with two attached hydrogens (primary N) is 1. The van der Waals surface area contributed by atoms with E-state index in [0.29, 0.717) is 59.3 Å². The van der Waals surface area contributed by atoms with Gasteiger partial charge in [-0.05, 0) is 98.5 Å². The molecular weight excluding hydrogens is 835 g/mol. The fraction of sp³-hybridized carbons (Fsp3) is 0.458. The normalized spacial score (nSPS) is 22.1. The second kappa shape index (κ2) is 17.0. The van der Waals surface area contributed by atoms with E-state index in [9.17, 15) is 19.5 Å². The molecular formula is C48H54F2N10O5. The molecule has 3 aromatic heterocycles. The number of urea groups is 1. The van der Waals surface area contributed by atoms with Crippen molar-refractivity contribution in [2.24, 2.45) is 0 Å². The molecule has 4 amide bonds. The molecule has 0 radical (unpaired) electrons. The summed E-state index contributed by atoms with van der Waals surface area (Å²) in [4.78, 5) is 50.4. The molecule has 0 unspecified atom stereocenters. The van der Waals surface area contributed by atoms with Crippen LogP contribution in [-0.2, 0) is 9.53 Å². The lowest BCUT2D eigenvalue weighted by molar-refractivity contribution is -0.120. The number of fused-ring (bicyclic) bond motifs is 1. The first-order valence-electron chi connectivity index (χ1n) is 22.7. The first-order valence-corrected chi connectivity index (χ1v) is 22.7. The lowest BCUT2D eigenvalue weighted by atomic mass is 9.91. The van der Waals surface area contributed by atoms with E-state index in [1.165, 1.54) is 11.6 Å². The lowest BCUT2D eigenvalue weighted by Crippen LogP contribution is -2.51. The van der Waals surface area contributed by atoms with Crippen LogP contribution in [0.1, 0.15) is 97.0 Å². The number of hydrogen-bond donors (Lipinski definition) is 3. The number of nitrogens with one attached hydrogen (secondary N) is 1. The number of benzene rings is 2. The van der Waals surface area contributed by atoms with Gasteiger partial charge in [0.1, 0.15) is 29.0 Å². The van der Waals surface area contributed by atoms with Crippen molar-refractivity contribution in [2.45, 2.75) is 88.6 Å². The van der Waals surface area contributed by atoms with E-state index in [2.05, 4.69) is 31.2 Å². The molecule has 5 fully saturated rings. The third kappa shape index (κ3) is 8.47. The molecule has 17 heteroatoms. The number of carbonyl (C=O) groups excluding carboxylic acids is 3. The average molecular weight is 889 g/mol. The highest BCUT2D eigenvalue weighted by molar-refractivity contribution is 6.06. The van der Waals surface area contributed by atoms with Crippen molar-refractivity contribution >= 4 is 46.1 Å². The maximum absolute atomic E-state index is 16.5. The Balaban J connectivity index is 0.758. The number of aromatic hydroxyl groups is 1. The number of imide groups is 1. The van der Waals surface area contributed by atoms with Gasteiger partial charge in [-0.3, -0.25) is 19.8 Å². The maximum Gasteiger partial charge on any atom is 0.328 e. The summed E-state index contributed by atoms with van der Waals surface area (Å²) >= 11 is 0. The van der Waals surface area contributed by atoms with E-state index in [1.807, 2.05) is 24.8 Å². The number of ether oxygens (including phenoxy) is 1. The van der Waals surface area contributed by atoms with E-state index in [0.717, 1.165) is 49.8 Å². The molecule has 4 aliphatic heterocycles. The molecule has 4 saturated heterocycles. The van der Waals surface area contributed by atoms with Crippen molar-refractivity contribution in [2.75, 3.05) is 67.9 Å². The minimum absolute atomic E-state index is 0.0446. The SMILES string of the molecule is Cc1cc(C(=O)N2CCC(F)(CN3CCC(n4cc(C5CC5)c5cc(N6CCC(=O)NC6=O)cnc54)CC3)CC2)c(F)cc1[C@@H]1CN(c2cc(-c3ccccc3O)nnc2N)C[C@H](C)O1. The number of anilines is 3. The van der Waals surface area contributed by atoms with Gasteiger partial charge in [0.05, 0.1) is 34.9 Å². The smallest absolute Gasteiger partial charge is 0.328 e. The number of likely N-dealkylation sites (tertiary alicyclic amines) is 2. The highest BCUT2D eigenvalue weighted by atomic mass is 19.1. The third-order valence-electron chi connectivity index (χ3n) is 14.0. The van der Waals surface area contributed by atoms with Gasteiger partial charge in [0, 0.05) is 94.8 Å². The number of morpholine rings is 1. The van der Waals surface area contributed by atoms with Gasteiger partial charge in [0.25, 0.3) is 5.91 Å². The second-order valence-corrected chi connectivity index (χ2v) is 18.6. The number of nitrogen functional groups attached to an aromatic ring is 1. The Morgan fingerprint density at radius 2 is 1.75 bits per heavy atom. The summed E-state index contributed by atoms with van der Waals surface area (Å²) in [6.07, 6.45) is 7.64. The van der Waals surface area contributed by atoms with Crippen molar-refractivity contribution in [1.82, 2.24) is 34.9 Å². The highest BCUT2D eigenvalue weighted by Gasteiger charge is 2.40. The fourth-order valence-electron chi connectivity index (χ4n) is 10.3. The Kier molecular flexibility index (Phi) is 11.2. The van der Waals surface area contributed by atoms with Gasteiger partial charge in [0.15, 0.2) is 5.82 Å². The quantitative estimate of drug-likeness (QED) is 0.142. The number of aryl methyl sites for hydroxylation is 1. The number of piperidine rings is 2. The Hall–Kier alpha value is -6.20. The van der Waals surface area contributed by atoms with Crippen molar-refractivity contribution < 1.29 is 33.0 Å². The number of para-hydroxylation sites is 1. The van der Waals surface area contributed by atoms with E-state index in [-0.39, 0.29) is 74.1 Å². The third-order valence-corrected chi connectivity index (χ3v) is 14.0. The van der Waals surface area contributed by atoms with Crippen LogP contribution >= 0.6 is 0 Å². The lowest BCUT2D eigenvalue weighted by Gasteiger charge is -2.41. The number of halogens is 2. The summed E-state index contributed by atoms with van der Waals surface area (Å²) in [5.74, 6) is -0.624. The molecule has 15 nitrogen and oxygen atoms in total. The van der Waals surface area contributed by atoms with Crippen molar-refractivity contribution in [3.8, 4) is 17.0 Å². The molecule has 340 valence electrons. The van der Waals surface area contributed by atoms with Crippen LogP contribution < -0.4 is 20.9 Å². The first-order chi connectivity index (χ1) is 31.3. The van der Waals surface area contributed by atoms with Gasteiger partial charge in [-0.25, -0.2) is 18.6 Å². The van der Waals surface area contributed by atoms with Crippen LogP contribution in [0.5, 0.6) is 5.75 Å². The number of phenolic OH excluding ortho intramolecular Hbond substituents is 1. The Morgan fingerprint density at radius 3 is 2.49 bits per heavy atom. The number of amides is 4. The van der Waals surface area contributed by atoms with Crippen LogP contribution in [-0.4, -0.2) is 117 Å². The minimum Gasteiger partial charge on any atom is -0.507 e. The molecule has 0 spiro atoms. The monoisotopic (exact) mass is 888 g/mol. The Bertz CT molecular complexity index is 2670. The van der Waals surface area contributed by atoms with Gasteiger partial charge >= 0.3 is 6.03 Å². The van der Waals surface area contributed by atoms with Crippen LogP contribution in [0.2, 0.25) is 0 Å². The predicted molar refractivity (Wildman–Crippen MR) is 241 cm³/mol. The van der Waals surface area contributed by atoms with Crippen molar-refractivity contribution in [1.29, 1.82) is 0 Å². The summed E-state index contributed by atoms with van der Waals surface area (Å²) in [5.41, 5.74) is 10.5. The molecule has 1 aliphatic carbocycles. The van der Waals surface area contributed by atoms with E-state index < -0.39 is 29.5 Å². The molecule has 2 atom stereocenters. The molecule has 2 aromatic carbocycles. The molecule has 5 aliphatic rings. The number of alkyl halides is 1. The second-order valence-electron chi connectivity index (χ2n) is 18.6. The molecule has 7 heterocycles. The topological polar surface area (TPSA) is 175 Å². The largest absolute Gasteiger partial charge is 0.507 e. The number of pyridine rings is 1. The molecule has 0 bridgehead atoms. The molecule has 4 N–H and O–H groups in total. The number of nitrogens with zero attached hydrogens (tertiary/aromatic N) is 8. The van der Waals surface area contributed by atoms with Gasteiger partial charge < -0.3 is 34.8 Å². The standard InChI is InChI=1S/C48H54F2N10O5/c1-28-19-36(38(49)21-34(28)42-26-58(24-29(2)65-42)40-22-39(54-55-44(40)51)33-5-3-4-6-41(33)61)46(63)57-17-12-48(50,13-18-57)27-56-14-9-31(10-15-56)60-25-37(30-7-8-30)35-20-32(23-52-45(35)60)59-16-11-43(62)53-47(59)64/h3-6,19-23,25,29-31,42,61H,7-18,24,26-27H2,1-2H3,(H2,51,55)(H,53,62,64)/t29-,42-/m0/s1. The van der Waals surface area contributed by atoms with Crippen LogP contribution in [0.25, 0.3) is 22.3 Å². The zero-order valence-electron chi connectivity index (χ0n) is 36.7. The highest BCUT2D eigenvalue weighted by Crippen LogP contribution is 2.46. The number of carbonyl (C=O) groups is 3. The summed E-state index contributed by atoms with van der Waals surface area (Å²) in [7, 11) is 0. The molecule has 1 saturated carbocycles. The predicted octanol–water partition coefficient (Wildman–Crippen LogP) is 6.80. The van der Waals surface area contributed by atoms with E-state index in [1.54, 1.807) is 52.4 Å². The number of rotatable bonds is 9. The maximum atomic E-state index is 16.5. The first kappa shape index (κ1) is 42.7. The van der Waals surface area contributed by atoms with E-state index >= 15 is 8.78 Å². The fourth-order valence-corrected chi connectivity index (χ4v) is 10.3. The molecule has 10 rings (SSSR count). The molecule has 5 aromatic rings. The Morgan fingerprint density at radius 1 is 0.985 bits per heavy atom. The van der Waals surface area contributed by atoms with Crippen LogP contribution in [0.4, 0.5) is 30.8 Å². The molecule has 65 heavy (non-hydrogen) atoms. The number of aromatic nitrogens is 4. The van der Waals surface area contributed by atoms with Gasteiger partial charge in [-0.15, -0.1) is 10.2 Å². The zero-order chi connectivity index (χ0) is 45.1. The summed E-state index contributed by atoms with van der Waals surface area (Å²) in [6.45, 7) is 7.02. The Labute approximate surface area is 375 Å². The van der Waals surface area contributed by atoms with Gasteiger partial charge in [-0.2, -0.15) is 0 Å². The average Bonchev–Trinajstić information content (AvgIpc) is 4.07. The number of hydrogen-bond acceptors (Lipinski definition) is 11. The summed E-state index contributed by atoms with van der Waals surface area (Å²) in [6, 6.07) is 13.4. The van der Waals surface area contributed by atoms with Crippen LogP contribution in [0.15, 0.2) is 60.9 Å². The van der Waals surface area contributed by atoms with Crippen LogP contribution in [0.3, 0.4) is 0 Å². The van der Waals surface area contributed by atoms with Crippen LogP contribution in [0, 0.1) is 12.7 Å². The summed E-state index contributed by atoms with van der Waals surface area (Å²) < 4.78 is 41.2. The van der Waals surface area contributed by atoms with Crippen molar-refractivity contribution in [3.05, 3.63) is 89.0 Å². The summed E-state index contributed by atoms with van der Waals surface area (Å²) in [5, 5.41) is 22.3. The van der Waals surface area contributed by atoms with Gasteiger partial charge in [0.2, 0.25) is 5.91 Å². The number of phenols is 1. The van der Waals surface area contributed by atoms with E-state index in [4.69, 9.17) is 15.5 Å². The zero-order valence-corrected chi connectivity index (χ0v) is 36.7. The van der Waals surface area contributed by atoms with Crippen molar-refractivity contribution in [3.63, 3.8) is 0 Å².